The molecule has 0 aliphatic heterocycles. The number of nitrogens with zero attached hydrogens (tertiary/aromatic N) is 1. The fraction of sp³-hybridized carbons (Fsp3) is 0.143. The fourth-order valence-electron chi connectivity index (χ4n) is 2.77. The van der Waals surface area contributed by atoms with Crippen molar-refractivity contribution in [2.75, 3.05) is 6.54 Å². The molecule has 25 heavy (non-hydrogen) atoms. The van der Waals surface area contributed by atoms with Crippen molar-refractivity contribution in [3.63, 3.8) is 0 Å². The Morgan fingerprint density at radius 3 is 1.96 bits per heavy atom. The molecule has 0 fully saturated rings. The summed E-state index contributed by atoms with van der Waals surface area (Å²) in [5.41, 5.74) is 0.242. The van der Waals surface area contributed by atoms with Crippen LogP contribution in [0.15, 0.2) is 85.1 Å². The first kappa shape index (κ1) is 16.9. The minimum absolute atomic E-state index is 0.401. The molecule has 2 N–H and O–H groups in total. The van der Waals surface area contributed by atoms with Crippen molar-refractivity contribution < 1.29 is 9.90 Å². The maximum Gasteiger partial charge on any atom is 0.261 e. The van der Waals surface area contributed by atoms with Gasteiger partial charge in [0.25, 0.3) is 5.91 Å². The minimum Gasteiger partial charge on any atom is -0.372 e. The van der Waals surface area contributed by atoms with E-state index in [1.165, 1.54) is 0 Å². The van der Waals surface area contributed by atoms with Crippen molar-refractivity contribution in [1.82, 2.24) is 10.3 Å². The van der Waals surface area contributed by atoms with Crippen molar-refractivity contribution in [3.05, 3.63) is 102 Å². The molecular weight excluding hydrogens is 312 g/mol. The third-order valence-corrected chi connectivity index (χ3v) is 4.10. The number of benzene rings is 2. The van der Waals surface area contributed by atoms with Gasteiger partial charge >= 0.3 is 0 Å². The van der Waals surface area contributed by atoms with E-state index >= 15 is 0 Å². The molecule has 3 rings (SSSR count). The van der Waals surface area contributed by atoms with E-state index in [0.717, 1.165) is 5.69 Å². The van der Waals surface area contributed by atoms with Gasteiger partial charge in [0.2, 0.25) is 0 Å². The summed E-state index contributed by atoms with van der Waals surface area (Å²) in [5, 5.41) is 14.1. The van der Waals surface area contributed by atoms with Gasteiger partial charge in [0.05, 0.1) is 0 Å². The molecule has 1 heterocycles. The minimum atomic E-state index is -1.73. The number of pyridine rings is 1. The van der Waals surface area contributed by atoms with E-state index in [9.17, 15) is 9.90 Å². The topological polar surface area (TPSA) is 62.2 Å². The van der Waals surface area contributed by atoms with Gasteiger partial charge in [-0.2, -0.15) is 0 Å². The number of amides is 1. The SMILES string of the molecule is O=C(NCCc1ccccn1)C(O)(c1ccccc1)c1ccccc1. The largest absolute Gasteiger partial charge is 0.372 e. The summed E-state index contributed by atoms with van der Waals surface area (Å²) >= 11 is 0. The first-order chi connectivity index (χ1) is 12.2. The van der Waals surface area contributed by atoms with Crippen molar-refractivity contribution in [3.8, 4) is 0 Å². The first-order valence-electron chi connectivity index (χ1n) is 8.23. The molecule has 1 aromatic heterocycles. The number of hydrogen-bond donors (Lipinski definition) is 2. The van der Waals surface area contributed by atoms with E-state index < -0.39 is 11.5 Å². The van der Waals surface area contributed by atoms with Crippen LogP contribution in [-0.2, 0) is 16.8 Å². The first-order valence-corrected chi connectivity index (χ1v) is 8.23. The molecule has 1 amide bonds. The lowest BCUT2D eigenvalue weighted by Gasteiger charge is -2.28. The lowest BCUT2D eigenvalue weighted by Crippen LogP contribution is -2.46. The Balaban J connectivity index is 1.81. The van der Waals surface area contributed by atoms with Gasteiger partial charge in [-0.05, 0) is 23.3 Å². The molecule has 0 atom stereocenters. The number of carbonyl (C=O) groups is 1. The Labute approximate surface area is 147 Å². The van der Waals surface area contributed by atoms with Gasteiger partial charge in [-0.15, -0.1) is 0 Å². The molecule has 0 saturated carbocycles. The number of aliphatic hydroxyl groups is 1. The van der Waals surface area contributed by atoms with E-state index in [4.69, 9.17) is 0 Å². The number of hydrogen-bond acceptors (Lipinski definition) is 3. The monoisotopic (exact) mass is 332 g/mol. The highest BCUT2D eigenvalue weighted by molar-refractivity contribution is 5.90. The third kappa shape index (κ3) is 3.75. The second-order valence-corrected chi connectivity index (χ2v) is 5.77. The zero-order chi connectivity index (χ0) is 17.5. The average molecular weight is 332 g/mol. The van der Waals surface area contributed by atoms with Crippen LogP contribution < -0.4 is 5.32 Å². The second kappa shape index (κ2) is 7.73. The van der Waals surface area contributed by atoms with Gasteiger partial charge in [0, 0.05) is 24.9 Å². The van der Waals surface area contributed by atoms with Crippen LogP contribution in [0.5, 0.6) is 0 Å². The van der Waals surface area contributed by atoms with Gasteiger partial charge in [0.15, 0.2) is 5.60 Å². The van der Waals surface area contributed by atoms with Gasteiger partial charge < -0.3 is 10.4 Å². The molecule has 0 aliphatic rings. The molecule has 0 aliphatic carbocycles. The number of aromatic nitrogens is 1. The molecule has 4 heteroatoms. The summed E-state index contributed by atoms with van der Waals surface area (Å²) in [6.07, 6.45) is 2.33. The van der Waals surface area contributed by atoms with Crippen molar-refractivity contribution in [1.29, 1.82) is 0 Å². The summed E-state index contributed by atoms with van der Waals surface area (Å²) in [6.45, 7) is 0.401. The van der Waals surface area contributed by atoms with Gasteiger partial charge in [-0.1, -0.05) is 66.7 Å². The Bertz CT molecular complexity index is 766. The Hall–Kier alpha value is -2.98. The summed E-state index contributed by atoms with van der Waals surface area (Å²) in [4.78, 5) is 17.1. The number of rotatable bonds is 6. The van der Waals surface area contributed by atoms with Crippen molar-refractivity contribution >= 4 is 5.91 Å². The smallest absolute Gasteiger partial charge is 0.261 e. The Morgan fingerprint density at radius 2 is 1.44 bits per heavy atom. The molecule has 126 valence electrons. The van der Waals surface area contributed by atoms with E-state index in [0.29, 0.717) is 24.1 Å². The van der Waals surface area contributed by atoms with Crippen LogP contribution in [0.2, 0.25) is 0 Å². The zero-order valence-electron chi connectivity index (χ0n) is 13.8. The van der Waals surface area contributed by atoms with Crippen LogP contribution >= 0.6 is 0 Å². The van der Waals surface area contributed by atoms with E-state index in [-0.39, 0.29) is 0 Å². The van der Waals surface area contributed by atoms with Gasteiger partial charge in [0.1, 0.15) is 0 Å². The van der Waals surface area contributed by atoms with Crippen LogP contribution in [0.4, 0.5) is 0 Å². The molecule has 0 radical (unpaired) electrons. The second-order valence-electron chi connectivity index (χ2n) is 5.77. The molecule has 0 saturated heterocycles. The predicted octanol–water partition coefficient (Wildman–Crippen LogP) is 2.68. The Morgan fingerprint density at radius 1 is 0.880 bits per heavy atom. The molecule has 3 aromatic rings. The highest BCUT2D eigenvalue weighted by Crippen LogP contribution is 2.29. The van der Waals surface area contributed by atoms with E-state index in [2.05, 4.69) is 10.3 Å². The number of carbonyl (C=O) groups excluding carboxylic acids is 1. The van der Waals surface area contributed by atoms with Crippen LogP contribution in [-0.4, -0.2) is 22.5 Å². The average Bonchev–Trinajstić information content (AvgIpc) is 2.69. The Kier molecular flexibility index (Phi) is 5.21. The molecule has 2 aromatic carbocycles. The molecule has 4 nitrogen and oxygen atoms in total. The summed E-state index contributed by atoms with van der Waals surface area (Å²) in [7, 11) is 0. The summed E-state index contributed by atoms with van der Waals surface area (Å²) in [6, 6.07) is 23.6. The summed E-state index contributed by atoms with van der Waals surface area (Å²) in [5.74, 6) is -0.444. The maximum atomic E-state index is 12.9. The molecule has 0 unspecified atom stereocenters. The zero-order valence-corrected chi connectivity index (χ0v) is 13.8. The van der Waals surface area contributed by atoms with Crippen molar-refractivity contribution in [2.24, 2.45) is 0 Å². The normalized spacial score (nSPS) is 11.1. The van der Waals surface area contributed by atoms with Crippen LogP contribution in [0.1, 0.15) is 16.8 Å². The van der Waals surface area contributed by atoms with Gasteiger partial charge in [-0.25, -0.2) is 0 Å². The van der Waals surface area contributed by atoms with Crippen LogP contribution in [0, 0.1) is 0 Å². The predicted molar refractivity (Wildman–Crippen MR) is 96.8 cm³/mol. The molecular formula is C21H20N2O2. The van der Waals surface area contributed by atoms with Crippen LogP contribution in [0.3, 0.4) is 0 Å². The van der Waals surface area contributed by atoms with Crippen LogP contribution in [0.25, 0.3) is 0 Å². The summed E-state index contributed by atoms with van der Waals surface area (Å²) < 4.78 is 0. The van der Waals surface area contributed by atoms with E-state index in [1.807, 2.05) is 54.6 Å². The lowest BCUT2D eigenvalue weighted by molar-refractivity contribution is -0.136. The highest BCUT2D eigenvalue weighted by Gasteiger charge is 2.39. The standard InChI is InChI=1S/C21H20N2O2/c24-20(23-16-14-19-13-7-8-15-22-19)21(25,17-9-3-1-4-10-17)18-11-5-2-6-12-18/h1-13,15,25H,14,16H2,(H,23,24). The highest BCUT2D eigenvalue weighted by atomic mass is 16.3. The quantitative estimate of drug-likeness (QED) is 0.729. The fourth-order valence-corrected chi connectivity index (χ4v) is 2.77. The lowest BCUT2D eigenvalue weighted by atomic mass is 9.85. The third-order valence-electron chi connectivity index (χ3n) is 4.10. The van der Waals surface area contributed by atoms with Gasteiger partial charge in [-0.3, -0.25) is 9.78 Å². The maximum absolute atomic E-state index is 12.9. The number of nitrogens with one attached hydrogen (secondary N) is 1. The molecule has 0 spiro atoms. The molecule has 0 bridgehead atoms. The van der Waals surface area contributed by atoms with E-state index in [1.54, 1.807) is 30.5 Å². The van der Waals surface area contributed by atoms with Crippen molar-refractivity contribution in [2.45, 2.75) is 12.0 Å².